The summed E-state index contributed by atoms with van der Waals surface area (Å²) in [6.45, 7) is 0.672. The molecule has 0 spiro atoms. The number of nitrogens with zero attached hydrogens (tertiary/aromatic N) is 1. The Hall–Kier alpha value is -2.67. The number of aliphatic hydroxyl groups is 1. The monoisotopic (exact) mass is 428 g/mol. The standard InChI is InChI=1S/C24H32N2O5/c27-16-20(14-18-8-3-1-4-9-18)25-22(28)15-19-10-5-2-6-12-23(29)31-17-21-11-7-13-26(21)24(19)30/h1-5,8-9,19-21,27H,6-7,10-17H2,(H,25,28). The molecule has 3 atom stereocenters. The van der Waals surface area contributed by atoms with Crippen LogP contribution >= 0.6 is 0 Å². The summed E-state index contributed by atoms with van der Waals surface area (Å²) >= 11 is 0. The van der Waals surface area contributed by atoms with Crippen LogP contribution in [-0.4, -0.2) is 59.6 Å². The van der Waals surface area contributed by atoms with E-state index in [1.165, 1.54) is 0 Å². The number of carbonyl (C=O) groups excluding carboxylic acids is 3. The molecule has 2 heterocycles. The van der Waals surface area contributed by atoms with Crippen molar-refractivity contribution in [2.24, 2.45) is 5.92 Å². The highest BCUT2D eigenvalue weighted by Crippen LogP contribution is 2.24. The van der Waals surface area contributed by atoms with Gasteiger partial charge in [0.25, 0.3) is 0 Å². The minimum Gasteiger partial charge on any atom is -0.463 e. The summed E-state index contributed by atoms with van der Waals surface area (Å²) < 4.78 is 5.34. The van der Waals surface area contributed by atoms with Gasteiger partial charge in [-0.3, -0.25) is 14.4 Å². The summed E-state index contributed by atoms with van der Waals surface area (Å²) in [5.74, 6) is -1.02. The Morgan fingerprint density at radius 3 is 2.81 bits per heavy atom. The average Bonchev–Trinajstić information content (AvgIpc) is 3.24. The lowest BCUT2D eigenvalue weighted by Crippen LogP contribution is -2.45. The maximum atomic E-state index is 13.2. The zero-order valence-electron chi connectivity index (χ0n) is 17.9. The molecule has 3 unspecified atom stereocenters. The number of rotatable bonds is 6. The lowest BCUT2D eigenvalue weighted by Gasteiger charge is -2.29. The van der Waals surface area contributed by atoms with Crippen molar-refractivity contribution in [2.45, 2.75) is 57.0 Å². The Bertz CT molecular complexity index is 779. The van der Waals surface area contributed by atoms with Crippen LogP contribution in [-0.2, 0) is 25.5 Å². The van der Waals surface area contributed by atoms with Crippen molar-refractivity contribution in [1.82, 2.24) is 10.2 Å². The minimum absolute atomic E-state index is 0.0669. The molecular formula is C24H32N2O5. The van der Waals surface area contributed by atoms with Crippen molar-refractivity contribution in [3.8, 4) is 0 Å². The summed E-state index contributed by atoms with van der Waals surface area (Å²) in [7, 11) is 0. The molecule has 2 aliphatic rings. The van der Waals surface area contributed by atoms with E-state index in [9.17, 15) is 19.5 Å². The van der Waals surface area contributed by atoms with Crippen LogP contribution in [0.15, 0.2) is 42.5 Å². The van der Waals surface area contributed by atoms with Gasteiger partial charge in [0.2, 0.25) is 11.8 Å². The molecule has 2 N–H and O–H groups in total. The number of benzene rings is 1. The lowest BCUT2D eigenvalue weighted by molar-refractivity contribution is -0.148. The number of allylic oxidation sites excluding steroid dienone is 2. The Kier molecular flexibility index (Phi) is 8.64. The van der Waals surface area contributed by atoms with E-state index in [1.807, 2.05) is 42.5 Å². The van der Waals surface area contributed by atoms with Gasteiger partial charge in [0.15, 0.2) is 0 Å². The van der Waals surface area contributed by atoms with Crippen LogP contribution < -0.4 is 5.32 Å². The van der Waals surface area contributed by atoms with E-state index < -0.39 is 12.0 Å². The highest BCUT2D eigenvalue weighted by atomic mass is 16.5. The summed E-state index contributed by atoms with van der Waals surface area (Å²) in [6.07, 6.45) is 7.34. The van der Waals surface area contributed by atoms with Gasteiger partial charge in [-0.1, -0.05) is 42.5 Å². The van der Waals surface area contributed by atoms with Gasteiger partial charge in [-0.25, -0.2) is 0 Å². The molecule has 0 aromatic heterocycles. The molecule has 0 radical (unpaired) electrons. The molecule has 3 rings (SSSR count). The Balaban J connectivity index is 1.64. The van der Waals surface area contributed by atoms with Crippen molar-refractivity contribution in [1.29, 1.82) is 0 Å². The van der Waals surface area contributed by atoms with Gasteiger partial charge in [-0.15, -0.1) is 0 Å². The van der Waals surface area contributed by atoms with E-state index in [1.54, 1.807) is 4.90 Å². The van der Waals surface area contributed by atoms with Crippen molar-refractivity contribution >= 4 is 17.8 Å². The fraction of sp³-hybridized carbons (Fsp3) is 0.542. The van der Waals surface area contributed by atoms with Gasteiger partial charge >= 0.3 is 5.97 Å². The molecule has 7 nitrogen and oxygen atoms in total. The largest absolute Gasteiger partial charge is 0.463 e. The second kappa shape index (κ2) is 11.6. The molecule has 1 aromatic carbocycles. The summed E-state index contributed by atoms with van der Waals surface area (Å²) in [4.78, 5) is 39.5. The number of hydrogen-bond acceptors (Lipinski definition) is 5. The number of esters is 1. The fourth-order valence-corrected chi connectivity index (χ4v) is 4.22. The minimum atomic E-state index is -0.469. The quantitative estimate of drug-likeness (QED) is 0.534. The maximum absolute atomic E-state index is 13.2. The number of fused-ring (bicyclic) bond motifs is 1. The van der Waals surface area contributed by atoms with Crippen LogP contribution in [0, 0.1) is 5.92 Å². The number of hydrogen-bond donors (Lipinski definition) is 2. The zero-order chi connectivity index (χ0) is 22.1. The summed E-state index contributed by atoms with van der Waals surface area (Å²) in [6, 6.07) is 9.16. The third-order valence-corrected chi connectivity index (χ3v) is 5.89. The lowest BCUT2D eigenvalue weighted by atomic mass is 9.97. The SMILES string of the molecule is O=C(CC1CC=CCCC(=O)OCC2CCCN2C1=O)NC(CO)Cc1ccccc1. The molecule has 1 aromatic rings. The number of aliphatic hydroxyl groups excluding tert-OH is 1. The molecule has 2 amide bonds. The first kappa shape index (κ1) is 23.0. The first-order valence-corrected chi connectivity index (χ1v) is 11.1. The van der Waals surface area contributed by atoms with Gasteiger partial charge in [0.05, 0.1) is 24.6 Å². The maximum Gasteiger partial charge on any atom is 0.306 e. The fourth-order valence-electron chi connectivity index (χ4n) is 4.22. The van der Waals surface area contributed by atoms with E-state index in [-0.39, 0.29) is 43.5 Å². The van der Waals surface area contributed by atoms with E-state index >= 15 is 0 Å². The predicted molar refractivity (Wildman–Crippen MR) is 116 cm³/mol. The van der Waals surface area contributed by atoms with Crippen LogP contribution in [0.1, 0.15) is 44.1 Å². The molecule has 1 saturated heterocycles. The second-order valence-electron chi connectivity index (χ2n) is 8.29. The summed E-state index contributed by atoms with van der Waals surface area (Å²) in [5.41, 5.74) is 1.03. The molecular weight excluding hydrogens is 396 g/mol. The number of carbonyl (C=O) groups is 3. The molecule has 0 aliphatic carbocycles. The van der Waals surface area contributed by atoms with E-state index in [2.05, 4.69) is 5.32 Å². The second-order valence-corrected chi connectivity index (χ2v) is 8.29. The topological polar surface area (TPSA) is 95.9 Å². The van der Waals surface area contributed by atoms with Crippen LogP contribution in [0.25, 0.3) is 0 Å². The zero-order valence-corrected chi connectivity index (χ0v) is 17.9. The Morgan fingerprint density at radius 1 is 1.23 bits per heavy atom. The normalized spacial score (nSPS) is 23.3. The molecule has 31 heavy (non-hydrogen) atoms. The Labute approximate surface area is 183 Å². The van der Waals surface area contributed by atoms with E-state index in [4.69, 9.17) is 4.74 Å². The molecule has 0 bridgehead atoms. The van der Waals surface area contributed by atoms with Crippen molar-refractivity contribution < 1.29 is 24.2 Å². The van der Waals surface area contributed by atoms with Gasteiger partial charge in [0, 0.05) is 19.4 Å². The average molecular weight is 429 g/mol. The molecule has 1 fully saturated rings. The van der Waals surface area contributed by atoms with E-state index in [0.717, 1.165) is 18.4 Å². The third-order valence-electron chi connectivity index (χ3n) is 5.89. The highest BCUT2D eigenvalue weighted by Gasteiger charge is 2.34. The number of amides is 2. The van der Waals surface area contributed by atoms with Crippen molar-refractivity contribution in [3.05, 3.63) is 48.0 Å². The highest BCUT2D eigenvalue weighted by molar-refractivity contribution is 5.86. The van der Waals surface area contributed by atoms with Gasteiger partial charge in [0.1, 0.15) is 6.61 Å². The van der Waals surface area contributed by atoms with Crippen molar-refractivity contribution in [2.75, 3.05) is 19.8 Å². The van der Waals surface area contributed by atoms with Gasteiger partial charge in [-0.05, 0) is 37.7 Å². The van der Waals surface area contributed by atoms with Crippen LogP contribution in [0.5, 0.6) is 0 Å². The van der Waals surface area contributed by atoms with E-state index in [0.29, 0.717) is 32.2 Å². The number of cyclic esters (lactones) is 1. The molecule has 0 saturated carbocycles. The first-order chi connectivity index (χ1) is 15.1. The van der Waals surface area contributed by atoms with Gasteiger partial charge < -0.3 is 20.1 Å². The van der Waals surface area contributed by atoms with Crippen LogP contribution in [0.3, 0.4) is 0 Å². The molecule has 168 valence electrons. The molecule has 7 heteroatoms. The van der Waals surface area contributed by atoms with Crippen LogP contribution in [0.2, 0.25) is 0 Å². The van der Waals surface area contributed by atoms with Crippen molar-refractivity contribution in [3.63, 3.8) is 0 Å². The third kappa shape index (κ3) is 6.92. The first-order valence-electron chi connectivity index (χ1n) is 11.1. The smallest absolute Gasteiger partial charge is 0.306 e. The molecule has 2 aliphatic heterocycles. The summed E-state index contributed by atoms with van der Waals surface area (Å²) in [5, 5.41) is 12.6. The van der Waals surface area contributed by atoms with Gasteiger partial charge in [-0.2, -0.15) is 0 Å². The predicted octanol–water partition coefficient (Wildman–Crippen LogP) is 1.99. The number of ether oxygens (including phenoxy) is 1. The Morgan fingerprint density at radius 2 is 2.03 bits per heavy atom. The number of nitrogens with one attached hydrogen (secondary N) is 1. The van der Waals surface area contributed by atoms with Crippen LogP contribution in [0.4, 0.5) is 0 Å².